The molecule has 3 rings (SSSR count). The lowest BCUT2D eigenvalue weighted by molar-refractivity contribution is -0.153. The number of ether oxygens (including phenoxy) is 1. The monoisotopic (exact) mass is 311 g/mol. The van der Waals surface area contributed by atoms with E-state index in [0.717, 1.165) is 21.8 Å². The van der Waals surface area contributed by atoms with Crippen LogP contribution >= 0.6 is 0 Å². The number of nitrogens with zero attached hydrogens (tertiary/aromatic N) is 1. The molecule has 0 saturated heterocycles. The summed E-state index contributed by atoms with van der Waals surface area (Å²) in [5.74, 6) is -0.612. The fraction of sp³-hybridized carbons (Fsp3) is 0.316. The summed E-state index contributed by atoms with van der Waals surface area (Å²) >= 11 is 0. The van der Waals surface area contributed by atoms with E-state index in [4.69, 9.17) is 4.74 Å². The summed E-state index contributed by atoms with van der Waals surface area (Å²) in [6, 6.07) is 14.1. The Morgan fingerprint density at radius 2 is 1.83 bits per heavy atom. The summed E-state index contributed by atoms with van der Waals surface area (Å²) in [6.45, 7) is 6.27. The van der Waals surface area contributed by atoms with Crippen molar-refractivity contribution < 1.29 is 14.6 Å². The van der Waals surface area contributed by atoms with E-state index in [9.17, 15) is 9.90 Å². The Kier molecular flexibility index (Phi) is 4.09. The molecule has 0 aliphatic carbocycles. The van der Waals surface area contributed by atoms with E-state index in [1.807, 2.05) is 24.3 Å². The van der Waals surface area contributed by atoms with Crippen LogP contribution in [0.15, 0.2) is 42.5 Å². The van der Waals surface area contributed by atoms with Crippen LogP contribution in [0.25, 0.3) is 21.8 Å². The highest BCUT2D eigenvalue weighted by Gasteiger charge is 2.20. The van der Waals surface area contributed by atoms with E-state index >= 15 is 0 Å². The molecule has 0 bridgehead atoms. The summed E-state index contributed by atoms with van der Waals surface area (Å²) in [5, 5.41) is 12.3. The van der Waals surface area contributed by atoms with Crippen LogP contribution in [0.3, 0.4) is 0 Å². The Balaban J connectivity index is 2.20. The van der Waals surface area contributed by atoms with Gasteiger partial charge in [-0.25, -0.2) is 4.79 Å². The number of aliphatic hydroxyl groups is 1. The number of aliphatic hydroxyl groups excluding tert-OH is 1. The Bertz CT molecular complexity index is 864. The normalized spacial score (nSPS) is 12.9. The van der Waals surface area contributed by atoms with Crippen LogP contribution in [0.5, 0.6) is 0 Å². The molecule has 23 heavy (non-hydrogen) atoms. The third kappa shape index (κ3) is 2.59. The molecule has 120 valence electrons. The van der Waals surface area contributed by atoms with E-state index in [1.54, 1.807) is 13.0 Å². The summed E-state index contributed by atoms with van der Waals surface area (Å²) in [4.78, 5) is 11.8. The molecule has 0 aliphatic heterocycles. The van der Waals surface area contributed by atoms with Crippen molar-refractivity contribution in [1.29, 1.82) is 0 Å². The van der Waals surface area contributed by atoms with Gasteiger partial charge in [0.1, 0.15) is 0 Å². The van der Waals surface area contributed by atoms with Crippen LogP contribution in [0.2, 0.25) is 0 Å². The number of carbonyl (C=O) groups is 1. The van der Waals surface area contributed by atoms with Gasteiger partial charge in [0.25, 0.3) is 0 Å². The Labute approximate surface area is 135 Å². The Hall–Kier alpha value is -2.33. The van der Waals surface area contributed by atoms with Crippen molar-refractivity contribution in [2.45, 2.75) is 32.9 Å². The molecule has 4 heteroatoms. The molecule has 3 aromatic rings. The molecule has 0 radical (unpaired) electrons. The summed E-state index contributed by atoms with van der Waals surface area (Å²) in [7, 11) is 0. The van der Waals surface area contributed by atoms with Crippen LogP contribution < -0.4 is 0 Å². The highest BCUT2D eigenvalue weighted by molar-refractivity contribution is 6.08. The average molecular weight is 311 g/mol. The topological polar surface area (TPSA) is 51.5 Å². The van der Waals surface area contributed by atoms with Crippen molar-refractivity contribution in [3.05, 3.63) is 48.0 Å². The fourth-order valence-electron chi connectivity index (χ4n) is 3.10. The lowest BCUT2D eigenvalue weighted by atomic mass is 10.1. The minimum atomic E-state index is -1.25. The third-order valence-corrected chi connectivity index (χ3v) is 4.08. The highest BCUT2D eigenvalue weighted by atomic mass is 16.5. The summed E-state index contributed by atoms with van der Waals surface area (Å²) in [6.07, 6.45) is -1.25. The minimum absolute atomic E-state index is 0.255. The average Bonchev–Trinajstić information content (AvgIpc) is 2.88. The van der Waals surface area contributed by atoms with Gasteiger partial charge in [-0.05, 0) is 44.5 Å². The van der Waals surface area contributed by atoms with Crippen LogP contribution in [0.1, 0.15) is 38.5 Å². The molecule has 1 aromatic heterocycles. The van der Waals surface area contributed by atoms with Crippen LogP contribution in [0, 0.1) is 0 Å². The van der Waals surface area contributed by atoms with Gasteiger partial charge in [0.2, 0.25) is 0 Å². The first-order chi connectivity index (χ1) is 11.0. The minimum Gasteiger partial charge on any atom is -0.464 e. The number of benzene rings is 2. The zero-order valence-corrected chi connectivity index (χ0v) is 13.6. The van der Waals surface area contributed by atoms with Gasteiger partial charge in [-0.15, -0.1) is 0 Å². The molecule has 0 aliphatic rings. The predicted molar refractivity (Wildman–Crippen MR) is 91.4 cm³/mol. The first-order valence-corrected chi connectivity index (χ1v) is 7.92. The van der Waals surface area contributed by atoms with E-state index < -0.39 is 12.1 Å². The van der Waals surface area contributed by atoms with Gasteiger partial charge < -0.3 is 14.4 Å². The predicted octanol–water partition coefficient (Wildman–Crippen LogP) is 3.97. The molecular formula is C19H21NO3. The third-order valence-electron chi connectivity index (χ3n) is 4.08. The van der Waals surface area contributed by atoms with Crippen LogP contribution in [-0.4, -0.2) is 22.2 Å². The Morgan fingerprint density at radius 1 is 1.13 bits per heavy atom. The van der Waals surface area contributed by atoms with Crippen molar-refractivity contribution in [3.63, 3.8) is 0 Å². The number of esters is 1. The second kappa shape index (κ2) is 6.05. The van der Waals surface area contributed by atoms with Crippen molar-refractivity contribution >= 4 is 27.8 Å². The van der Waals surface area contributed by atoms with Crippen molar-refractivity contribution in [2.75, 3.05) is 6.61 Å². The van der Waals surface area contributed by atoms with Gasteiger partial charge in [-0.3, -0.25) is 0 Å². The standard InChI is InChI=1S/C19H21NO3/c1-4-23-19(22)18(21)13-9-10-17-15(11-13)14-7-5-6-8-16(14)20(17)12(2)3/h5-12,18,21H,4H2,1-3H3. The molecule has 1 atom stereocenters. The Morgan fingerprint density at radius 3 is 2.52 bits per heavy atom. The number of para-hydroxylation sites is 1. The van der Waals surface area contributed by atoms with Gasteiger partial charge in [0, 0.05) is 27.8 Å². The van der Waals surface area contributed by atoms with Crippen molar-refractivity contribution in [2.24, 2.45) is 0 Å². The van der Waals surface area contributed by atoms with E-state index in [0.29, 0.717) is 11.6 Å². The van der Waals surface area contributed by atoms with Crippen molar-refractivity contribution in [3.8, 4) is 0 Å². The smallest absolute Gasteiger partial charge is 0.339 e. The SMILES string of the molecule is CCOC(=O)C(O)c1ccc2c(c1)c1ccccc1n2C(C)C. The molecule has 4 nitrogen and oxygen atoms in total. The number of rotatable bonds is 4. The second-order valence-corrected chi connectivity index (χ2v) is 5.91. The largest absolute Gasteiger partial charge is 0.464 e. The van der Waals surface area contributed by atoms with Crippen LogP contribution in [0.4, 0.5) is 0 Å². The van der Waals surface area contributed by atoms with E-state index in [2.05, 4.69) is 30.5 Å². The van der Waals surface area contributed by atoms with Crippen LogP contribution in [-0.2, 0) is 9.53 Å². The number of aromatic nitrogens is 1. The maximum Gasteiger partial charge on any atom is 0.339 e. The number of hydrogen-bond acceptors (Lipinski definition) is 3. The first-order valence-electron chi connectivity index (χ1n) is 7.92. The summed E-state index contributed by atoms with van der Waals surface area (Å²) in [5.41, 5.74) is 2.81. The quantitative estimate of drug-likeness (QED) is 0.742. The molecule has 1 unspecified atom stereocenters. The molecule has 0 spiro atoms. The molecule has 1 heterocycles. The zero-order chi connectivity index (χ0) is 16.6. The molecular weight excluding hydrogens is 290 g/mol. The fourth-order valence-corrected chi connectivity index (χ4v) is 3.10. The van der Waals surface area contributed by atoms with Gasteiger partial charge in [-0.2, -0.15) is 0 Å². The molecule has 2 aromatic carbocycles. The van der Waals surface area contributed by atoms with E-state index in [1.165, 1.54) is 0 Å². The number of fused-ring (bicyclic) bond motifs is 3. The van der Waals surface area contributed by atoms with Crippen molar-refractivity contribution in [1.82, 2.24) is 4.57 Å². The molecule has 0 amide bonds. The summed E-state index contributed by atoms with van der Waals surface area (Å²) < 4.78 is 7.18. The second-order valence-electron chi connectivity index (χ2n) is 5.91. The lowest BCUT2D eigenvalue weighted by Gasteiger charge is -2.13. The van der Waals surface area contributed by atoms with Gasteiger partial charge in [0.05, 0.1) is 6.61 Å². The lowest BCUT2D eigenvalue weighted by Crippen LogP contribution is -2.15. The van der Waals surface area contributed by atoms with Gasteiger partial charge in [0.15, 0.2) is 6.10 Å². The molecule has 1 N–H and O–H groups in total. The molecule has 0 fully saturated rings. The van der Waals surface area contributed by atoms with Gasteiger partial charge >= 0.3 is 5.97 Å². The maximum absolute atomic E-state index is 11.8. The van der Waals surface area contributed by atoms with Gasteiger partial charge in [-0.1, -0.05) is 24.3 Å². The maximum atomic E-state index is 11.8. The molecule has 0 saturated carbocycles. The zero-order valence-electron chi connectivity index (χ0n) is 13.6. The van der Waals surface area contributed by atoms with E-state index in [-0.39, 0.29) is 6.61 Å². The first kappa shape index (κ1) is 15.6. The number of carbonyl (C=O) groups excluding carboxylic acids is 1. The number of hydrogen-bond donors (Lipinski definition) is 1. The highest BCUT2D eigenvalue weighted by Crippen LogP contribution is 2.33.